The van der Waals surface area contributed by atoms with Gasteiger partial charge in [0.2, 0.25) is 0 Å². The van der Waals surface area contributed by atoms with Crippen molar-refractivity contribution >= 4 is 21.5 Å². The molecule has 0 amide bonds. The molecule has 0 radical (unpaired) electrons. The summed E-state index contributed by atoms with van der Waals surface area (Å²) < 4.78 is 27.5. The third-order valence-corrected chi connectivity index (χ3v) is 5.03. The molecule has 0 fully saturated rings. The molecule has 0 saturated heterocycles. The van der Waals surface area contributed by atoms with Gasteiger partial charge >= 0.3 is 0 Å². The van der Waals surface area contributed by atoms with Crippen molar-refractivity contribution in [1.29, 1.82) is 0 Å². The van der Waals surface area contributed by atoms with Crippen LogP contribution in [0.15, 0.2) is 41.4 Å². The van der Waals surface area contributed by atoms with E-state index in [2.05, 4.69) is 19.9 Å². The van der Waals surface area contributed by atoms with E-state index in [1.807, 2.05) is 33.2 Å². The normalized spacial score (nSPS) is 11.5. The van der Waals surface area contributed by atoms with Crippen molar-refractivity contribution in [2.75, 3.05) is 37.2 Å². The van der Waals surface area contributed by atoms with Crippen LogP contribution in [-0.2, 0) is 10.0 Å². The second-order valence-corrected chi connectivity index (χ2v) is 7.69. The van der Waals surface area contributed by atoms with E-state index in [1.165, 1.54) is 0 Å². The topological polar surface area (TPSA) is 74.3 Å². The average molecular weight is 348 g/mol. The van der Waals surface area contributed by atoms with Gasteiger partial charge in [-0.15, -0.1) is 0 Å². The second kappa shape index (κ2) is 7.63. The van der Waals surface area contributed by atoms with Gasteiger partial charge < -0.3 is 10.2 Å². The highest BCUT2D eigenvalue weighted by atomic mass is 32.2. The fourth-order valence-electron chi connectivity index (χ4n) is 2.28. The van der Waals surface area contributed by atoms with Crippen molar-refractivity contribution in [2.45, 2.75) is 18.7 Å². The van der Waals surface area contributed by atoms with Gasteiger partial charge in [0, 0.05) is 13.1 Å². The highest BCUT2D eigenvalue weighted by molar-refractivity contribution is 7.92. The standard InChI is InChI=1S/C17H24N4O2S/c1-13-5-7-16(14(2)11-13)24(22,23)20-17-8-6-15(12-19-17)18-9-10-21(3)4/h5-8,11-12,18H,9-10H2,1-4H3,(H,19,20). The number of sulfonamides is 1. The maximum Gasteiger partial charge on any atom is 0.263 e. The molecule has 0 aliphatic heterocycles. The molecule has 2 N–H and O–H groups in total. The average Bonchev–Trinajstić information content (AvgIpc) is 2.48. The van der Waals surface area contributed by atoms with Gasteiger partial charge in [-0.25, -0.2) is 13.4 Å². The van der Waals surface area contributed by atoms with Gasteiger partial charge in [-0.05, 0) is 51.7 Å². The lowest BCUT2D eigenvalue weighted by molar-refractivity contribution is 0.425. The number of rotatable bonds is 7. The SMILES string of the molecule is Cc1ccc(S(=O)(=O)Nc2ccc(NCCN(C)C)cn2)c(C)c1. The third kappa shape index (κ3) is 4.94. The van der Waals surface area contributed by atoms with Crippen LogP contribution in [-0.4, -0.2) is 45.5 Å². The number of pyridine rings is 1. The largest absolute Gasteiger partial charge is 0.383 e. The molecule has 7 heteroatoms. The lowest BCUT2D eigenvalue weighted by atomic mass is 10.2. The molecule has 0 bridgehead atoms. The number of hydrogen-bond donors (Lipinski definition) is 2. The van der Waals surface area contributed by atoms with Crippen molar-refractivity contribution in [3.63, 3.8) is 0 Å². The second-order valence-electron chi connectivity index (χ2n) is 6.04. The Balaban J connectivity index is 2.07. The molecular weight excluding hydrogens is 324 g/mol. The molecular formula is C17H24N4O2S. The lowest BCUT2D eigenvalue weighted by Crippen LogP contribution is -2.20. The van der Waals surface area contributed by atoms with Crippen LogP contribution in [0.4, 0.5) is 11.5 Å². The molecule has 1 heterocycles. The van der Waals surface area contributed by atoms with E-state index in [9.17, 15) is 8.42 Å². The van der Waals surface area contributed by atoms with E-state index >= 15 is 0 Å². The molecule has 2 aromatic rings. The van der Waals surface area contributed by atoms with E-state index in [4.69, 9.17) is 0 Å². The number of aryl methyl sites for hydroxylation is 2. The van der Waals surface area contributed by atoms with Crippen LogP contribution >= 0.6 is 0 Å². The van der Waals surface area contributed by atoms with Gasteiger partial charge in [0.25, 0.3) is 10.0 Å². The number of anilines is 2. The third-order valence-electron chi connectivity index (χ3n) is 3.51. The zero-order valence-electron chi connectivity index (χ0n) is 14.5. The summed E-state index contributed by atoms with van der Waals surface area (Å²) in [4.78, 5) is 6.51. The van der Waals surface area contributed by atoms with Gasteiger partial charge in [0.15, 0.2) is 0 Å². The first-order valence-corrected chi connectivity index (χ1v) is 9.21. The summed E-state index contributed by atoms with van der Waals surface area (Å²) in [5, 5.41) is 3.23. The predicted molar refractivity (Wildman–Crippen MR) is 98.0 cm³/mol. The van der Waals surface area contributed by atoms with E-state index in [1.54, 1.807) is 31.3 Å². The maximum absolute atomic E-state index is 12.5. The molecule has 0 aliphatic rings. The highest BCUT2D eigenvalue weighted by Gasteiger charge is 2.17. The van der Waals surface area contributed by atoms with Crippen LogP contribution in [0.1, 0.15) is 11.1 Å². The first-order chi connectivity index (χ1) is 11.3. The minimum Gasteiger partial charge on any atom is -0.383 e. The number of aromatic nitrogens is 1. The van der Waals surface area contributed by atoms with Crippen LogP contribution in [0.25, 0.3) is 0 Å². The maximum atomic E-state index is 12.5. The Labute approximate surface area is 144 Å². The van der Waals surface area contributed by atoms with Crippen molar-refractivity contribution in [2.24, 2.45) is 0 Å². The summed E-state index contributed by atoms with van der Waals surface area (Å²) in [5.41, 5.74) is 2.59. The quantitative estimate of drug-likeness (QED) is 0.804. The van der Waals surface area contributed by atoms with E-state index in [-0.39, 0.29) is 4.90 Å². The predicted octanol–water partition coefficient (Wildman–Crippen LogP) is 2.47. The Morgan fingerprint density at radius 3 is 2.46 bits per heavy atom. The van der Waals surface area contributed by atoms with E-state index in [0.29, 0.717) is 11.4 Å². The number of nitrogens with zero attached hydrogens (tertiary/aromatic N) is 2. The first-order valence-electron chi connectivity index (χ1n) is 7.72. The molecule has 0 spiro atoms. The molecule has 1 aromatic carbocycles. The minimum atomic E-state index is -3.64. The van der Waals surface area contributed by atoms with Crippen molar-refractivity contribution in [1.82, 2.24) is 9.88 Å². The summed E-state index contributed by atoms with van der Waals surface area (Å²) >= 11 is 0. The molecule has 2 rings (SSSR count). The minimum absolute atomic E-state index is 0.267. The van der Waals surface area contributed by atoms with E-state index in [0.717, 1.165) is 24.3 Å². The Morgan fingerprint density at radius 1 is 1.12 bits per heavy atom. The first kappa shape index (κ1) is 18.2. The Morgan fingerprint density at radius 2 is 1.88 bits per heavy atom. The Bertz CT molecular complexity index is 787. The number of nitrogens with one attached hydrogen (secondary N) is 2. The van der Waals surface area contributed by atoms with Crippen LogP contribution in [0.3, 0.4) is 0 Å². The number of hydrogen-bond acceptors (Lipinski definition) is 5. The molecule has 24 heavy (non-hydrogen) atoms. The van der Waals surface area contributed by atoms with Gasteiger partial charge in [-0.2, -0.15) is 0 Å². The van der Waals surface area contributed by atoms with Crippen molar-refractivity contribution in [3.05, 3.63) is 47.7 Å². The van der Waals surface area contributed by atoms with Crippen LogP contribution in [0, 0.1) is 13.8 Å². The van der Waals surface area contributed by atoms with Crippen molar-refractivity contribution < 1.29 is 8.42 Å². The fraction of sp³-hybridized carbons (Fsp3) is 0.353. The zero-order valence-corrected chi connectivity index (χ0v) is 15.3. The number of benzene rings is 1. The highest BCUT2D eigenvalue weighted by Crippen LogP contribution is 2.20. The smallest absolute Gasteiger partial charge is 0.263 e. The zero-order chi connectivity index (χ0) is 17.7. The van der Waals surface area contributed by atoms with Crippen LogP contribution in [0.5, 0.6) is 0 Å². The number of likely N-dealkylation sites (N-methyl/N-ethyl adjacent to an activating group) is 1. The monoisotopic (exact) mass is 348 g/mol. The summed E-state index contributed by atoms with van der Waals surface area (Å²) in [5.74, 6) is 0.299. The molecule has 0 unspecified atom stereocenters. The summed E-state index contributed by atoms with van der Waals surface area (Å²) in [6.07, 6.45) is 1.62. The molecule has 6 nitrogen and oxygen atoms in total. The van der Waals surface area contributed by atoms with Crippen molar-refractivity contribution in [3.8, 4) is 0 Å². The van der Waals surface area contributed by atoms with E-state index < -0.39 is 10.0 Å². The molecule has 130 valence electrons. The molecule has 0 saturated carbocycles. The Kier molecular flexibility index (Phi) is 5.80. The molecule has 1 aromatic heterocycles. The summed E-state index contributed by atoms with van der Waals surface area (Å²) in [6, 6.07) is 8.71. The summed E-state index contributed by atoms with van der Waals surface area (Å²) in [7, 11) is 0.368. The van der Waals surface area contributed by atoms with Gasteiger partial charge in [0.05, 0.1) is 16.8 Å². The van der Waals surface area contributed by atoms with Crippen LogP contribution in [0.2, 0.25) is 0 Å². The fourth-order valence-corrected chi connectivity index (χ4v) is 3.51. The molecule has 0 aliphatic carbocycles. The molecule has 0 atom stereocenters. The van der Waals surface area contributed by atoms with Gasteiger partial charge in [-0.3, -0.25) is 4.72 Å². The lowest BCUT2D eigenvalue weighted by Gasteiger charge is -2.12. The Hall–Kier alpha value is -2.12. The van der Waals surface area contributed by atoms with Crippen LogP contribution < -0.4 is 10.0 Å². The van der Waals surface area contributed by atoms with Gasteiger partial charge in [0.1, 0.15) is 5.82 Å². The van der Waals surface area contributed by atoms with Gasteiger partial charge in [-0.1, -0.05) is 17.7 Å². The summed E-state index contributed by atoms with van der Waals surface area (Å²) in [6.45, 7) is 5.41.